The van der Waals surface area contributed by atoms with Crippen molar-refractivity contribution in [3.63, 3.8) is 0 Å². The van der Waals surface area contributed by atoms with E-state index < -0.39 is 0 Å². The lowest BCUT2D eigenvalue weighted by atomic mass is 10.0. The Balaban J connectivity index is 3.82. The number of nitrogens with zero attached hydrogens (tertiary/aromatic N) is 1. The van der Waals surface area contributed by atoms with Crippen molar-refractivity contribution < 1.29 is 4.74 Å². The van der Waals surface area contributed by atoms with E-state index in [2.05, 4.69) is 81.5 Å². The average Bonchev–Trinajstić information content (AvgIpc) is 3.02. The van der Waals surface area contributed by atoms with Crippen LogP contribution in [0.15, 0.2) is 48.6 Å². The molecule has 0 fully saturated rings. The first kappa shape index (κ1) is 42.9. The van der Waals surface area contributed by atoms with E-state index in [9.17, 15) is 0 Å². The van der Waals surface area contributed by atoms with Crippen molar-refractivity contribution in [2.75, 3.05) is 27.2 Å². The molecule has 0 heterocycles. The van der Waals surface area contributed by atoms with Gasteiger partial charge in [0.15, 0.2) is 0 Å². The standard InChI is InChI=1S/C42H79NO/c1-5-7-9-11-13-15-17-19-21-23-25-27-29-31-33-35-38-42(44-41-37-40-43(3)4)39-36-34-32-30-28-26-24-22-20-18-16-14-12-10-8-6-2/h7,9,13,15,19-22,42H,5-6,8,10-12,14,16-18,23-41H2,1-4H3/b9-7?,15-13-,21-19-,22-20-. The highest BCUT2D eigenvalue weighted by Gasteiger charge is 2.09. The van der Waals surface area contributed by atoms with Crippen LogP contribution in [-0.4, -0.2) is 38.3 Å². The zero-order valence-corrected chi connectivity index (χ0v) is 30.6. The average molecular weight is 614 g/mol. The summed E-state index contributed by atoms with van der Waals surface area (Å²) in [5, 5.41) is 0. The fourth-order valence-corrected chi connectivity index (χ4v) is 5.73. The van der Waals surface area contributed by atoms with Crippen molar-refractivity contribution in [2.24, 2.45) is 0 Å². The molecule has 0 aromatic carbocycles. The molecule has 0 aliphatic heterocycles. The summed E-state index contributed by atoms with van der Waals surface area (Å²) < 4.78 is 6.39. The number of unbranched alkanes of at least 4 members (excludes halogenated alkanes) is 18. The second kappa shape index (κ2) is 38.1. The quantitative estimate of drug-likeness (QED) is 0.0521. The molecule has 2 heteroatoms. The normalized spacial score (nSPS) is 13.2. The molecule has 2 nitrogen and oxygen atoms in total. The predicted octanol–water partition coefficient (Wildman–Crippen LogP) is 13.7. The summed E-state index contributed by atoms with van der Waals surface area (Å²) in [6, 6.07) is 0. The van der Waals surface area contributed by atoms with E-state index in [0.29, 0.717) is 6.10 Å². The molecule has 1 atom stereocenters. The zero-order valence-electron chi connectivity index (χ0n) is 30.6. The Morgan fingerprint density at radius 2 is 0.864 bits per heavy atom. The van der Waals surface area contributed by atoms with Gasteiger partial charge >= 0.3 is 0 Å². The van der Waals surface area contributed by atoms with E-state index in [1.165, 1.54) is 148 Å². The van der Waals surface area contributed by atoms with Crippen LogP contribution in [0.3, 0.4) is 0 Å². The zero-order chi connectivity index (χ0) is 32.0. The fourth-order valence-electron chi connectivity index (χ4n) is 5.73. The first-order valence-corrected chi connectivity index (χ1v) is 19.6. The molecule has 0 spiro atoms. The lowest BCUT2D eigenvalue weighted by Crippen LogP contribution is -2.18. The van der Waals surface area contributed by atoms with Crippen LogP contribution < -0.4 is 0 Å². The van der Waals surface area contributed by atoms with Gasteiger partial charge in [-0.3, -0.25) is 0 Å². The van der Waals surface area contributed by atoms with Crippen molar-refractivity contribution in [1.29, 1.82) is 0 Å². The van der Waals surface area contributed by atoms with Crippen LogP contribution in [0.1, 0.15) is 187 Å². The van der Waals surface area contributed by atoms with Crippen LogP contribution in [-0.2, 0) is 4.74 Å². The van der Waals surface area contributed by atoms with Crippen LogP contribution in [0.2, 0.25) is 0 Å². The summed E-state index contributed by atoms with van der Waals surface area (Å²) in [5.74, 6) is 0. The monoisotopic (exact) mass is 614 g/mol. The maximum absolute atomic E-state index is 6.39. The third-order valence-electron chi connectivity index (χ3n) is 8.57. The Morgan fingerprint density at radius 3 is 1.34 bits per heavy atom. The van der Waals surface area contributed by atoms with Crippen LogP contribution in [0.5, 0.6) is 0 Å². The molecule has 44 heavy (non-hydrogen) atoms. The van der Waals surface area contributed by atoms with Crippen molar-refractivity contribution in [1.82, 2.24) is 4.90 Å². The summed E-state index contributed by atoms with van der Waals surface area (Å²) in [7, 11) is 4.32. The lowest BCUT2D eigenvalue weighted by Gasteiger charge is -2.19. The van der Waals surface area contributed by atoms with Gasteiger partial charge < -0.3 is 9.64 Å². The molecule has 0 aliphatic carbocycles. The maximum Gasteiger partial charge on any atom is 0.0575 e. The topological polar surface area (TPSA) is 12.5 Å². The third kappa shape index (κ3) is 37.1. The summed E-state index contributed by atoms with van der Waals surface area (Å²) in [6.07, 6.45) is 54.8. The molecule has 0 aliphatic rings. The molecule has 0 aromatic heterocycles. The van der Waals surface area contributed by atoms with Gasteiger partial charge in [-0.05, 0) is 97.7 Å². The molecule has 0 bridgehead atoms. The van der Waals surface area contributed by atoms with Gasteiger partial charge in [0.2, 0.25) is 0 Å². The third-order valence-corrected chi connectivity index (χ3v) is 8.57. The molecule has 0 radical (unpaired) electrons. The molecule has 0 amide bonds. The molecule has 1 unspecified atom stereocenters. The largest absolute Gasteiger partial charge is 0.378 e. The Bertz CT molecular complexity index is 646. The minimum absolute atomic E-state index is 0.482. The summed E-state index contributed by atoms with van der Waals surface area (Å²) in [6.45, 7) is 6.53. The van der Waals surface area contributed by atoms with E-state index in [1.807, 2.05) is 0 Å². The smallest absolute Gasteiger partial charge is 0.0575 e. The van der Waals surface area contributed by atoms with Gasteiger partial charge in [0, 0.05) is 6.61 Å². The molecular formula is C42H79NO. The van der Waals surface area contributed by atoms with Gasteiger partial charge in [-0.2, -0.15) is 0 Å². The molecule has 0 saturated carbocycles. The molecule has 0 N–H and O–H groups in total. The summed E-state index contributed by atoms with van der Waals surface area (Å²) in [5.41, 5.74) is 0. The SMILES string of the molecule is CCC=CC/C=C\C/C=C\CCCCCCCCC(CCCCCCCC/C=C\CCCCCCCC)OCCCN(C)C. The van der Waals surface area contributed by atoms with Gasteiger partial charge in [-0.25, -0.2) is 0 Å². The fraction of sp³-hybridized carbons (Fsp3) is 0.810. The minimum Gasteiger partial charge on any atom is -0.378 e. The summed E-state index contributed by atoms with van der Waals surface area (Å²) >= 11 is 0. The first-order chi connectivity index (χ1) is 21.7. The maximum atomic E-state index is 6.39. The van der Waals surface area contributed by atoms with E-state index in [0.717, 1.165) is 38.8 Å². The Hall–Kier alpha value is -1.12. The molecule has 0 rings (SSSR count). The van der Waals surface area contributed by atoms with Crippen molar-refractivity contribution >= 4 is 0 Å². The first-order valence-electron chi connectivity index (χ1n) is 19.6. The van der Waals surface area contributed by atoms with Crippen LogP contribution in [0.25, 0.3) is 0 Å². The van der Waals surface area contributed by atoms with Crippen LogP contribution in [0, 0.1) is 0 Å². The number of hydrogen-bond acceptors (Lipinski definition) is 2. The highest BCUT2D eigenvalue weighted by Crippen LogP contribution is 2.18. The van der Waals surface area contributed by atoms with Crippen LogP contribution >= 0.6 is 0 Å². The molecule has 258 valence electrons. The van der Waals surface area contributed by atoms with Gasteiger partial charge in [-0.15, -0.1) is 0 Å². The number of ether oxygens (including phenoxy) is 1. The van der Waals surface area contributed by atoms with E-state index in [-0.39, 0.29) is 0 Å². The Morgan fingerprint density at radius 1 is 0.455 bits per heavy atom. The molecule has 0 saturated heterocycles. The Labute approximate surface area is 278 Å². The number of hydrogen-bond donors (Lipinski definition) is 0. The number of rotatable bonds is 35. The highest BCUT2D eigenvalue weighted by molar-refractivity contribution is 4.97. The van der Waals surface area contributed by atoms with Gasteiger partial charge in [0.25, 0.3) is 0 Å². The van der Waals surface area contributed by atoms with Gasteiger partial charge in [-0.1, -0.05) is 159 Å². The lowest BCUT2D eigenvalue weighted by molar-refractivity contribution is 0.0342. The van der Waals surface area contributed by atoms with E-state index in [1.54, 1.807) is 0 Å². The van der Waals surface area contributed by atoms with Crippen molar-refractivity contribution in [3.05, 3.63) is 48.6 Å². The minimum atomic E-state index is 0.482. The predicted molar refractivity (Wildman–Crippen MR) is 201 cm³/mol. The number of allylic oxidation sites excluding steroid dienone is 8. The van der Waals surface area contributed by atoms with E-state index >= 15 is 0 Å². The summed E-state index contributed by atoms with van der Waals surface area (Å²) in [4.78, 5) is 2.27. The second-order valence-electron chi connectivity index (χ2n) is 13.4. The Kier molecular flexibility index (Phi) is 37.1. The highest BCUT2D eigenvalue weighted by atomic mass is 16.5. The van der Waals surface area contributed by atoms with Gasteiger partial charge in [0.05, 0.1) is 6.10 Å². The second-order valence-corrected chi connectivity index (χ2v) is 13.4. The molecule has 0 aromatic rings. The van der Waals surface area contributed by atoms with Gasteiger partial charge in [0.1, 0.15) is 0 Å². The van der Waals surface area contributed by atoms with Crippen molar-refractivity contribution in [3.8, 4) is 0 Å². The molecular weight excluding hydrogens is 534 g/mol. The van der Waals surface area contributed by atoms with Crippen molar-refractivity contribution in [2.45, 2.75) is 193 Å². The van der Waals surface area contributed by atoms with Crippen LogP contribution in [0.4, 0.5) is 0 Å². The van der Waals surface area contributed by atoms with E-state index in [4.69, 9.17) is 4.74 Å².